The van der Waals surface area contributed by atoms with Gasteiger partial charge < -0.3 is 5.73 Å². The number of hydrogen-bond donors (Lipinski definition) is 1. The Kier molecular flexibility index (Phi) is 41.2. The Balaban J connectivity index is -0.0000000450. The first-order valence-corrected chi connectivity index (χ1v) is 1.45. The molecule has 0 aromatic heterocycles. The molecule has 0 fully saturated rings. The van der Waals surface area contributed by atoms with E-state index < -0.39 is 0 Å². The minimum atomic E-state index is 0. The predicted octanol–water partition coefficient (Wildman–Crippen LogP) is -2.06. The van der Waals surface area contributed by atoms with Gasteiger partial charge in [0.2, 0.25) is 0 Å². The second-order valence-electron chi connectivity index (χ2n) is 0.644. The van der Waals surface area contributed by atoms with Crippen molar-refractivity contribution in [3.8, 4) is 0 Å². The first-order chi connectivity index (χ1) is 1.91. The van der Waals surface area contributed by atoms with Crippen LogP contribution in [0.15, 0.2) is 0 Å². The van der Waals surface area contributed by atoms with E-state index in [-0.39, 0.29) is 63.8 Å². The Bertz CT molecular complexity index is 12.8. The van der Waals surface area contributed by atoms with Crippen LogP contribution in [0.25, 0.3) is 0 Å². The van der Waals surface area contributed by atoms with Gasteiger partial charge in [0, 0.05) is 0 Å². The Morgan fingerprint density at radius 2 is 1.83 bits per heavy atom. The molecule has 0 aliphatic rings. The molecule has 3 heteroatoms. The first-order valence-electron chi connectivity index (χ1n) is 1.45. The van der Waals surface area contributed by atoms with Gasteiger partial charge in [-0.1, -0.05) is 6.92 Å². The zero-order chi connectivity index (χ0) is 3.41. The van der Waals surface area contributed by atoms with E-state index in [1.54, 1.807) is 6.54 Å². The Morgan fingerprint density at radius 3 is 1.83 bits per heavy atom. The molecule has 1 nitrogen and oxygen atoms in total. The van der Waals surface area contributed by atoms with Gasteiger partial charge in [-0.05, 0) is 0 Å². The molecule has 0 amide bonds. The molecule has 0 atom stereocenters. The van der Waals surface area contributed by atoms with E-state index in [4.69, 9.17) is 5.73 Å². The molecule has 0 aromatic rings. The summed E-state index contributed by atoms with van der Waals surface area (Å²) >= 11 is 0. The topological polar surface area (TPSA) is 26.0 Å². The second-order valence-corrected chi connectivity index (χ2v) is 0.644. The summed E-state index contributed by atoms with van der Waals surface area (Å²) in [5, 5.41) is 0. The van der Waals surface area contributed by atoms with Crippen LogP contribution in [-0.4, -0.2) is 0 Å². The SMILES string of the molecule is CC[CH-]N.Cl.[K+]. The van der Waals surface area contributed by atoms with Gasteiger partial charge in [-0.15, -0.1) is 12.4 Å². The molecule has 6 heavy (non-hydrogen) atoms. The third kappa shape index (κ3) is 16.9. The number of halogens is 1. The van der Waals surface area contributed by atoms with Crippen molar-refractivity contribution >= 4 is 12.4 Å². The van der Waals surface area contributed by atoms with Gasteiger partial charge in [0.25, 0.3) is 0 Å². The summed E-state index contributed by atoms with van der Waals surface area (Å²) in [4.78, 5) is 0. The fourth-order valence-corrected chi connectivity index (χ4v) is 0. The second kappa shape index (κ2) is 15.8. The van der Waals surface area contributed by atoms with Crippen LogP contribution >= 0.6 is 12.4 Å². The normalized spacial score (nSPS) is 5.00. The van der Waals surface area contributed by atoms with Gasteiger partial charge >= 0.3 is 51.4 Å². The molecule has 0 heterocycles. The molecular weight excluding hydrogens is 125 g/mol. The van der Waals surface area contributed by atoms with Gasteiger partial charge in [0.05, 0.1) is 0 Å². The summed E-state index contributed by atoms with van der Waals surface area (Å²) in [6, 6.07) is 0. The zero-order valence-electron chi connectivity index (χ0n) is 4.27. The van der Waals surface area contributed by atoms with Crippen LogP contribution < -0.4 is 57.1 Å². The monoisotopic (exact) mass is 133 g/mol. The van der Waals surface area contributed by atoms with Crippen LogP contribution in [0.4, 0.5) is 0 Å². The average Bonchev–Trinajstić information content (AvgIpc) is 1.37. The minimum Gasteiger partial charge on any atom is -0.483 e. The Morgan fingerprint density at radius 1 is 1.67 bits per heavy atom. The van der Waals surface area contributed by atoms with E-state index in [9.17, 15) is 0 Å². The first kappa shape index (κ1) is 15.7. The molecule has 34 valence electrons. The quantitative estimate of drug-likeness (QED) is 0.323. The van der Waals surface area contributed by atoms with Gasteiger partial charge in [0.15, 0.2) is 0 Å². The molecule has 0 aliphatic heterocycles. The van der Waals surface area contributed by atoms with Crippen molar-refractivity contribution in [2.75, 3.05) is 0 Å². The van der Waals surface area contributed by atoms with Gasteiger partial charge in [-0.2, -0.15) is 6.42 Å². The van der Waals surface area contributed by atoms with Gasteiger partial charge in [-0.3, -0.25) is 6.54 Å². The number of rotatable bonds is 1. The average molecular weight is 134 g/mol. The van der Waals surface area contributed by atoms with Crippen molar-refractivity contribution in [1.82, 2.24) is 0 Å². The fraction of sp³-hybridized carbons (Fsp3) is 0.667. The number of hydrogen-bond acceptors (Lipinski definition) is 1. The standard InChI is InChI=1S/C3H8N.ClH.K/c1-2-3-4;;/h3H,2,4H2,1H3;1H;/q-1;;+1. The van der Waals surface area contributed by atoms with E-state index in [2.05, 4.69) is 0 Å². The van der Waals surface area contributed by atoms with Crippen LogP contribution in [0.5, 0.6) is 0 Å². The van der Waals surface area contributed by atoms with Crippen LogP contribution in [0.1, 0.15) is 13.3 Å². The molecule has 0 spiro atoms. The maximum Gasteiger partial charge on any atom is 1.00 e. The summed E-state index contributed by atoms with van der Waals surface area (Å²) in [5.41, 5.74) is 4.90. The van der Waals surface area contributed by atoms with E-state index >= 15 is 0 Å². The largest absolute Gasteiger partial charge is 1.00 e. The fourth-order valence-electron chi connectivity index (χ4n) is 0. The molecular formula is C3H9ClKN. The summed E-state index contributed by atoms with van der Waals surface area (Å²) in [6.07, 6.45) is 0.972. The zero-order valence-corrected chi connectivity index (χ0v) is 8.21. The summed E-state index contributed by atoms with van der Waals surface area (Å²) in [5.74, 6) is 0. The van der Waals surface area contributed by atoms with E-state index in [0.29, 0.717) is 0 Å². The third-order valence-electron chi connectivity index (χ3n) is 0.236. The molecule has 0 rings (SSSR count). The predicted molar refractivity (Wildman–Crippen MR) is 26.0 cm³/mol. The van der Waals surface area contributed by atoms with E-state index in [1.807, 2.05) is 6.92 Å². The summed E-state index contributed by atoms with van der Waals surface area (Å²) < 4.78 is 0. The molecule has 0 saturated heterocycles. The smallest absolute Gasteiger partial charge is 0.483 e. The summed E-state index contributed by atoms with van der Waals surface area (Å²) in [6.45, 7) is 3.62. The molecule has 0 aromatic carbocycles. The van der Waals surface area contributed by atoms with Gasteiger partial charge in [0.1, 0.15) is 0 Å². The van der Waals surface area contributed by atoms with Crippen molar-refractivity contribution in [3.05, 3.63) is 6.54 Å². The van der Waals surface area contributed by atoms with E-state index in [0.717, 1.165) is 6.42 Å². The minimum absolute atomic E-state index is 0. The van der Waals surface area contributed by atoms with Crippen molar-refractivity contribution < 1.29 is 51.4 Å². The van der Waals surface area contributed by atoms with E-state index in [1.165, 1.54) is 0 Å². The maximum atomic E-state index is 4.90. The van der Waals surface area contributed by atoms with Crippen molar-refractivity contribution in [2.45, 2.75) is 13.3 Å². The maximum absolute atomic E-state index is 4.90. The summed E-state index contributed by atoms with van der Waals surface area (Å²) in [7, 11) is 0. The van der Waals surface area contributed by atoms with Crippen molar-refractivity contribution in [2.24, 2.45) is 5.73 Å². The molecule has 0 bridgehead atoms. The van der Waals surface area contributed by atoms with Crippen LogP contribution in [-0.2, 0) is 0 Å². The van der Waals surface area contributed by atoms with Crippen molar-refractivity contribution in [3.63, 3.8) is 0 Å². The third-order valence-corrected chi connectivity index (χ3v) is 0.236. The van der Waals surface area contributed by atoms with Crippen LogP contribution in [0.2, 0.25) is 0 Å². The van der Waals surface area contributed by atoms with Crippen LogP contribution in [0, 0.1) is 6.54 Å². The Labute approximate surface area is 87.9 Å². The van der Waals surface area contributed by atoms with Gasteiger partial charge in [-0.25, -0.2) is 0 Å². The molecule has 0 unspecified atom stereocenters. The molecule has 0 saturated carbocycles. The van der Waals surface area contributed by atoms with Crippen molar-refractivity contribution in [1.29, 1.82) is 0 Å². The van der Waals surface area contributed by atoms with Crippen LogP contribution in [0.3, 0.4) is 0 Å². The molecule has 0 aliphatic carbocycles. The molecule has 0 radical (unpaired) electrons. The Hall–Kier alpha value is 1.89. The number of nitrogens with two attached hydrogens (primary N) is 1. The molecule has 2 N–H and O–H groups in total.